The van der Waals surface area contributed by atoms with Gasteiger partial charge >= 0.3 is 19.5 Å². The van der Waals surface area contributed by atoms with Gasteiger partial charge in [-0.1, -0.05) is 0 Å². The molecule has 1 rings (SSSR count). The Morgan fingerprint density at radius 3 is 1.69 bits per heavy atom. The largest absolute Gasteiger partial charge is 2.00 e. The third-order valence-corrected chi connectivity index (χ3v) is 1.01. The van der Waals surface area contributed by atoms with E-state index in [9.17, 15) is 19.8 Å². The molecular formula is C5H14N2O8Zn+4. The molecule has 0 atom stereocenters. The number of H-pyrrole nitrogens is 1. The zero-order chi connectivity index (χ0) is 8.43. The number of nitrogens with one attached hydrogen (secondary N) is 1. The van der Waals surface area contributed by atoms with Gasteiger partial charge in [0.15, 0.2) is 0 Å². The normalized spacial score (nSPS) is 6.50. The molecule has 0 aliphatic carbocycles. The van der Waals surface area contributed by atoms with Crippen molar-refractivity contribution in [1.82, 2.24) is 10.2 Å². The fraction of sp³-hybridized carbons (Fsp3) is 0. The first-order valence-corrected chi connectivity index (χ1v) is 2.59. The molecule has 0 spiro atoms. The van der Waals surface area contributed by atoms with Crippen LogP contribution in [0.4, 0.5) is 0 Å². The summed E-state index contributed by atoms with van der Waals surface area (Å²) in [4.78, 5) is 20.1. The predicted molar refractivity (Wildman–Crippen MR) is 46.7 cm³/mol. The molecule has 0 aromatic carbocycles. The predicted octanol–water partition coefficient (Wildman–Crippen LogP) is -6.55. The molecule has 1 aromatic rings. The molecule has 0 aliphatic rings. The Bertz CT molecular complexity index is 285. The van der Waals surface area contributed by atoms with E-state index in [1.54, 1.807) is 0 Å². The quantitative estimate of drug-likeness (QED) is 0.411. The minimum Gasteiger partial charge on any atom is -0.543 e. The van der Waals surface area contributed by atoms with Crippen LogP contribution in [0.2, 0.25) is 0 Å². The number of aromatic carboxylic acids is 2. The molecule has 0 saturated heterocycles. The van der Waals surface area contributed by atoms with Crippen LogP contribution < -0.4 is 10.2 Å². The van der Waals surface area contributed by atoms with Crippen LogP contribution in [0.1, 0.15) is 21.0 Å². The van der Waals surface area contributed by atoms with E-state index in [2.05, 4.69) is 5.10 Å². The Kier molecular flexibility index (Phi) is 21.4. The number of carboxylic acids is 2. The summed E-state index contributed by atoms with van der Waals surface area (Å²) in [5.74, 6) is -3.04. The summed E-state index contributed by atoms with van der Waals surface area (Å²) < 4.78 is 0. The van der Waals surface area contributed by atoms with Crippen LogP contribution in [0.15, 0.2) is 6.07 Å². The minimum atomic E-state index is -1.53. The molecule has 1 heterocycles. The number of hydrogen-bond acceptors (Lipinski definition) is 5. The summed E-state index contributed by atoms with van der Waals surface area (Å²) >= 11 is 0. The number of aromatic nitrogens is 2. The van der Waals surface area contributed by atoms with Crippen LogP contribution in [0.25, 0.3) is 0 Å². The van der Waals surface area contributed by atoms with Gasteiger partial charge in [0.25, 0.3) is 0 Å². The monoisotopic (exact) mass is 294 g/mol. The van der Waals surface area contributed by atoms with E-state index in [1.807, 2.05) is 5.10 Å². The zero-order valence-corrected chi connectivity index (χ0v) is 11.1. The first-order chi connectivity index (χ1) is 5.11. The summed E-state index contributed by atoms with van der Waals surface area (Å²) in [6, 6.07) is 0.824. The molecule has 0 amide bonds. The number of carbonyl (C=O) groups excluding carboxylic acids is 2. The average molecular weight is 296 g/mol. The van der Waals surface area contributed by atoms with Crippen LogP contribution in [-0.2, 0) is 41.4 Å². The van der Waals surface area contributed by atoms with Crippen LogP contribution in [-0.4, -0.2) is 22.1 Å². The summed E-state index contributed by atoms with van der Waals surface area (Å²) in [5.41, 5.74) is -0.839. The van der Waals surface area contributed by atoms with Crippen molar-refractivity contribution in [3.8, 4) is 0 Å². The van der Waals surface area contributed by atoms with Gasteiger partial charge in [-0.05, 0) is 6.07 Å². The van der Waals surface area contributed by atoms with Gasteiger partial charge in [-0.2, -0.15) is 5.10 Å². The van der Waals surface area contributed by atoms with Gasteiger partial charge in [0, 0.05) is 0 Å². The number of aromatic amines is 1. The second-order valence-corrected chi connectivity index (χ2v) is 1.74. The molecule has 0 unspecified atom stereocenters. The van der Waals surface area contributed by atoms with Crippen molar-refractivity contribution >= 4 is 11.9 Å². The van der Waals surface area contributed by atoms with Crippen LogP contribution >= 0.6 is 0 Å². The minimum absolute atomic E-state index is 0. The first kappa shape index (κ1) is 29.3. The van der Waals surface area contributed by atoms with Crippen molar-refractivity contribution in [2.24, 2.45) is 0 Å². The van der Waals surface area contributed by atoms with E-state index in [0.29, 0.717) is 0 Å². The molecule has 11 heteroatoms. The Hall–Kier alpha value is -1.39. The molecule has 0 aliphatic heterocycles. The van der Waals surface area contributed by atoms with Crippen LogP contribution in [0, 0.1) is 0 Å². The van der Waals surface area contributed by atoms with Gasteiger partial charge in [-0.3, -0.25) is 5.10 Å². The van der Waals surface area contributed by atoms with Crippen molar-refractivity contribution in [3.63, 3.8) is 0 Å². The fourth-order valence-electron chi connectivity index (χ4n) is 0.531. The van der Waals surface area contributed by atoms with Crippen molar-refractivity contribution in [3.05, 3.63) is 17.5 Å². The van der Waals surface area contributed by atoms with E-state index >= 15 is 0 Å². The molecule has 0 saturated carbocycles. The topological polar surface area (TPSA) is 241 Å². The van der Waals surface area contributed by atoms with Crippen molar-refractivity contribution in [2.75, 3.05) is 0 Å². The molecule has 0 fully saturated rings. The Morgan fingerprint density at radius 1 is 1.06 bits per heavy atom. The summed E-state index contributed by atoms with van der Waals surface area (Å²) in [7, 11) is 0. The standard InChI is InChI=1S/C5H4N2O4.4H2O.Zn/c8-4(9)2-1-3(5(10)11)7-6-2;;;;;/h1H,(H,6,7)(H,8,9)(H,10,11);4*1H2;/q;;;;;+2/p+2. The molecular weight excluding hydrogens is 281 g/mol. The third-order valence-electron chi connectivity index (χ3n) is 1.01. The smallest absolute Gasteiger partial charge is 0.543 e. The molecule has 1 aromatic heterocycles. The summed E-state index contributed by atoms with van der Waals surface area (Å²) in [5, 5.41) is 25.2. The van der Waals surface area contributed by atoms with Gasteiger partial charge in [0.1, 0.15) is 5.69 Å². The number of nitrogens with zero attached hydrogens (tertiary/aromatic N) is 1. The zero-order valence-electron chi connectivity index (χ0n) is 8.17. The summed E-state index contributed by atoms with van der Waals surface area (Å²) in [6.45, 7) is 0. The molecule has 10 nitrogen and oxygen atoms in total. The average Bonchev–Trinajstić information content (AvgIpc) is 2.33. The van der Waals surface area contributed by atoms with Gasteiger partial charge in [-0.15, -0.1) is 0 Å². The molecule has 16 heavy (non-hydrogen) atoms. The van der Waals surface area contributed by atoms with Gasteiger partial charge in [0.2, 0.25) is 0 Å². The Balaban J connectivity index is -0.0000000807. The van der Waals surface area contributed by atoms with E-state index in [-0.39, 0.29) is 47.1 Å². The number of carboxylic acid groups (broad SMARTS) is 2. The maximum absolute atomic E-state index is 10.0. The fourth-order valence-corrected chi connectivity index (χ4v) is 0.531. The van der Waals surface area contributed by atoms with Gasteiger partial charge in [-0.25, -0.2) is 0 Å². The number of hydrogen-bond donors (Lipinski definition) is 1. The van der Waals surface area contributed by atoms with Gasteiger partial charge < -0.3 is 41.7 Å². The molecule has 0 radical (unpaired) electrons. The van der Waals surface area contributed by atoms with E-state index in [1.165, 1.54) is 0 Å². The SMILES string of the molecule is O=C([O-])c1cc(C(=O)[O-])[nH]n1.[OH3+].[OH3+].[OH3+].[OH3+].[Zn+2]. The Morgan fingerprint density at radius 2 is 1.50 bits per heavy atom. The van der Waals surface area contributed by atoms with Crippen molar-refractivity contribution in [2.45, 2.75) is 0 Å². The maximum Gasteiger partial charge on any atom is 2.00 e. The van der Waals surface area contributed by atoms with E-state index in [0.717, 1.165) is 6.07 Å². The second-order valence-electron chi connectivity index (χ2n) is 1.74. The first-order valence-electron chi connectivity index (χ1n) is 2.59. The molecule has 13 N–H and O–H groups in total. The third kappa shape index (κ3) is 6.98. The summed E-state index contributed by atoms with van der Waals surface area (Å²) in [6.07, 6.45) is 0. The van der Waals surface area contributed by atoms with Gasteiger partial charge in [0.05, 0.1) is 17.6 Å². The van der Waals surface area contributed by atoms with Crippen molar-refractivity contribution < 1.29 is 61.2 Å². The molecule has 0 bridgehead atoms. The second kappa shape index (κ2) is 11.7. The van der Waals surface area contributed by atoms with Crippen LogP contribution in [0.3, 0.4) is 0 Å². The van der Waals surface area contributed by atoms with Crippen molar-refractivity contribution in [1.29, 1.82) is 0 Å². The number of carbonyl (C=O) groups is 2. The van der Waals surface area contributed by atoms with E-state index < -0.39 is 17.6 Å². The Labute approximate surface area is 101 Å². The molecule has 90 valence electrons. The number of rotatable bonds is 2. The van der Waals surface area contributed by atoms with E-state index in [4.69, 9.17) is 0 Å². The maximum atomic E-state index is 10.0. The van der Waals surface area contributed by atoms with Crippen LogP contribution in [0.5, 0.6) is 0 Å².